The molecule has 0 amide bonds. The molecule has 17 heavy (non-hydrogen) atoms. The third-order valence-corrected chi connectivity index (χ3v) is 3.71. The zero-order valence-electron chi connectivity index (χ0n) is 10.3. The fourth-order valence-electron chi connectivity index (χ4n) is 2.43. The van der Waals surface area contributed by atoms with E-state index in [2.05, 4.69) is 26.9 Å². The number of rotatable bonds is 2. The van der Waals surface area contributed by atoms with Gasteiger partial charge in [0, 0.05) is 31.9 Å². The molecule has 3 heterocycles. The van der Waals surface area contributed by atoms with Crippen molar-refractivity contribution in [2.24, 2.45) is 0 Å². The van der Waals surface area contributed by atoms with Gasteiger partial charge in [-0.05, 0) is 19.1 Å². The Morgan fingerprint density at radius 1 is 1.18 bits per heavy atom. The van der Waals surface area contributed by atoms with E-state index in [-0.39, 0.29) is 0 Å². The summed E-state index contributed by atoms with van der Waals surface area (Å²) in [5.41, 5.74) is 2.33. The number of nitrogens with zero attached hydrogens (tertiary/aromatic N) is 3. The van der Waals surface area contributed by atoms with Crippen LogP contribution in [0, 0.1) is 6.92 Å². The predicted molar refractivity (Wildman–Crippen MR) is 67.4 cm³/mol. The van der Waals surface area contributed by atoms with E-state index in [0.29, 0.717) is 6.04 Å². The van der Waals surface area contributed by atoms with Crippen molar-refractivity contribution < 1.29 is 4.74 Å². The molecule has 1 aromatic rings. The molecule has 2 fully saturated rings. The van der Waals surface area contributed by atoms with Gasteiger partial charge in [0.15, 0.2) is 0 Å². The summed E-state index contributed by atoms with van der Waals surface area (Å²) in [6.07, 6.45) is 1.98. The molecule has 0 bridgehead atoms. The van der Waals surface area contributed by atoms with Crippen molar-refractivity contribution >= 4 is 5.69 Å². The van der Waals surface area contributed by atoms with Crippen LogP contribution in [0.15, 0.2) is 18.3 Å². The Morgan fingerprint density at radius 3 is 2.47 bits per heavy atom. The van der Waals surface area contributed by atoms with Crippen molar-refractivity contribution in [3.05, 3.63) is 24.0 Å². The van der Waals surface area contributed by atoms with Gasteiger partial charge >= 0.3 is 0 Å². The summed E-state index contributed by atoms with van der Waals surface area (Å²) >= 11 is 0. The quantitative estimate of drug-likeness (QED) is 0.759. The molecule has 3 rings (SSSR count). The molecule has 0 saturated carbocycles. The van der Waals surface area contributed by atoms with Crippen molar-refractivity contribution in [2.45, 2.75) is 13.0 Å². The number of anilines is 1. The van der Waals surface area contributed by atoms with Gasteiger partial charge in [0.2, 0.25) is 0 Å². The van der Waals surface area contributed by atoms with E-state index in [9.17, 15) is 0 Å². The number of hydrogen-bond donors (Lipinski definition) is 0. The van der Waals surface area contributed by atoms with Crippen LogP contribution in [0.1, 0.15) is 5.69 Å². The summed E-state index contributed by atoms with van der Waals surface area (Å²) in [6, 6.07) is 4.93. The smallest absolute Gasteiger partial charge is 0.0645 e. The maximum atomic E-state index is 5.25. The zero-order valence-corrected chi connectivity index (χ0v) is 10.3. The molecule has 0 unspecified atom stereocenters. The summed E-state index contributed by atoms with van der Waals surface area (Å²) in [7, 11) is 0. The lowest BCUT2D eigenvalue weighted by Crippen LogP contribution is -2.56. The van der Waals surface area contributed by atoms with Crippen LogP contribution < -0.4 is 4.90 Å². The molecule has 0 aromatic carbocycles. The number of pyridine rings is 1. The lowest BCUT2D eigenvalue weighted by Gasteiger charge is -2.43. The second-order valence-electron chi connectivity index (χ2n) is 4.87. The SMILES string of the molecule is Cc1ccc(N2CCN(C3COC3)CC2)cn1. The summed E-state index contributed by atoms with van der Waals surface area (Å²) in [5, 5.41) is 0. The van der Waals surface area contributed by atoms with Crippen LogP contribution in [0.4, 0.5) is 5.69 Å². The van der Waals surface area contributed by atoms with Crippen molar-refractivity contribution in [1.29, 1.82) is 0 Å². The van der Waals surface area contributed by atoms with E-state index in [0.717, 1.165) is 45.1 Å². The first-order valence-electron chi connectivity index (χ1n) is 6.32. The zero-order chi connectivity index (χ0) is 11.7. The van der Waals surface area contributed by atoms with Crippen LogP contribution in [0.5, 0.6) is 0 Å². The minimum absolute atomic E-state index is 0.674. The fourth-order valence-corrected chi connectivity index (χ4v) is 2.43. The molecular weight excluding hydrogens is 214 g/mol. The number of piperazine rings is 1. The summed E-state index contributed by atoms with van der Waals surface area (Å²) in [6.45, 7) is 8.35. The molecule has 2 aliphatic rings. The molecule has 1 aromatic heterocycles. The topological polar surface area (TPSA) is 28.6 Å². The number of aryl methyl sites for hydroxylation is 1. The minimum Gasteiger partial charge on any atom is -0.378 e. The maximum absolute atomic E-state index is 5.25. The minimum atomic E-state index is 0.674. The van der Waals surface area contributed by atoms with Gasteiger partial charge in [0.05, 0.1) is 31.1 Å². The predicted octanol–water partition coefficient (Wildman–Crippen LogP) is 0.911. The average molecular weight is 233 g/mol. The molecule has 0 N–H and O–H groups in total. The second-order valence-corrected chi connectivity index (χ2v) is 4.87. The van der Waals surface area contributed by atoms with E-state index in [1.54, 1.807) is 0 Å². The van der Waals surface area contributed by atoms with Gasteiger partial charge < -0.3 is 9.64 Å². The van der Waals surface area contributed by atoms with Gasteiger partial charge in [-0.25, -0.2) is 0 Å². The highest BCUT2D eigenvalue weighted by molar-refractivity contribution is 5.44. The largest absolute Gasteiger partial charge is 0.378 e. The monoisotopic (exact) mass is 233 g/mol. The molecule has 92 valence electrons. The maximum Gasteiger partial charge on any atom is 0.0645 e. The highest BCUT2D eigenvalue weighted by Gasteiger charge is 2.28. The average Bonchev–Trinajstić information content (AvgIpc) is 2.29. The fraction of sp³-hybridized carbons (Fsp3) is 0.615. The second kappa shape index (κ2) is 4.63. The van der Waals surface area contributed by atoms with Crippen LogP contribution in [0.2, 0.25) is 0 Å². The Labute approximate surface area is 102 Å². The molecule has 0 spiro atoms. The van der Waals surface area contributed by atoms with Gasteiger partial charge in [-0.2, -0.15) is 0 Å². The van der Waals surface area contributed by atoms with E-state index in [1.807, 2.05) is 13.1 Å². The Balaban J connectivity index is 1.58. The molecule has 0 atom stereocenters. The molecular formula is C13H19N3O. The van der Waals surface area contributed by atoms with Gasteiger partial charge in [-0.15, -0.1) is 0 Å². The Bertz CT molecular complexity index is 367. The molecule has 4 nitrogen and oxygen atoms in total. The van der Waals surface area contributed by atoms with Crippen LogP contribution in [0.3, 0.4) is 0 Å². The van der Waals surface area contributed by atoms with Gasteiger partial charge in [0.25, 0.3) is 0 Å². The van der Waals surface area contributed by atoms with Crippen molar-refractivity contribution in [3.63, 3.8) is 0 Å². The first-order valence-corrected chi connectivity index (χ1v) is 6.32. The summed E-state index contributed by atoms with van der Waals surface area (Å²) in [4.78, 5) is 9.32. The number of aromatic nitrogens is 1. The standard InChI is InChI=1S/C13H19N3O/c1-11-2-3-12(8-14-11)15-4-6-16(7-5-15)13-9-17-10-13/h2-3,8,13H,4-7,9-10H2,1H3. The number of ether oxygens (including phenoxy) is 1. The van der Waals surface area contributed by atoms with Gasteiger partial charge in [0.1, 0.15) is 0 Å². The van der Waals surface area contributed by atoms with Gasteiger partial charge in [-0.1, -0.05) is 0 Å². The van der Waals surface area contributed by atoms with Crippen molar-refractivity contribution in [3.8, 4) is 0 Å². The highest BCUT2D eigenvalue weighted by Crippen LogP contribution is 2.18. The first kappa shape index (κ1) is 11.0. The summed E-state index contributed by atoms with van der Waals surface area (Å²) < 4.78 is 5.25. The van der Waals surface area contributed by atoms with Crippen molar-refractivity contribution in [2.75, 3.05) is 44.3 Å². The Hall–Kier alpha value is -1.13. The van der Waals surface area contributed by atoms with Crippen molar-refractivity contribution in [1.82, 2.24) is 9.88 Å². The Morgan fingerprint density at radius 2 is 1.94 bits per heavy atom. The lowest BCUT2D eigenvalue weighted by molar-refractivity contribution is -0.0660. The first-order chi connectivity index (χ1) is 8.33. The number of hydrogen-bond acceptors (Lipinski definition) is 4. The van der Waals surface area contributed by atoms with Crippen LogP contribution in [-0.2, 0) is 4.74 Å². The lowest BCUT2D eigenvalue weighted by atomic mass is 10.1. The van der Waals surface area contributed by atoms with Gasteiger partial charge in [-0.3, -0.25) is 9.88 Å². The van der Waals surface area contributed by atoms with Crippen LogP contribution >= 0.6 is 0 Å². The van der Waals surface area contributed by atoms with E-state index in [1.165, 1.54) is 5.69 Å². The van der Waals surface area contributed by atoms with Crippen LogP contribution in [0.25, 0.3) is 0 Å². The molecule has 0 radical (unpaired) electrons. The van der Waals surface area contributed by atoms with E-state index in [4.69, 9.17) is 4.74 Å². The third kappa shape index (κ3) is 2.28. The molecule has 2 aliphatic heterocycles. The molecule has 0 aliphatic carbocycles. The Kier molecular flexibility index (Phi) is 2.99. The highest BCUT2D eigenvalue weighted by atomic mass is 16.5. The van der Waals surface area contributed by atoms with Crippen LogP contribution in [-0.4, -0.2) is 55.3 Å². The molecule has 2 saturated heterocycles. The molecule has 4 heteroatoms. The van der Waals surface area contributed by atoms with E-state index >= 15 is 0 Å². The summed E-state index contributed by atoms with van der Waals surface area (Å²) in [5.74, 6) is 0. The third-order valence-electron chi connectivity index (χ3n) is 3.71. The van der Waals surface area contributed by atoms with E-state index < -0.39 is 0 Å². The normalized spacial score (nSPS) is 22.5.